The predicted octanol–water partition coefficient (Wildman–Crippen LogP) is 6.06. The van der Waals surface area contributed by atoms with Gasteiger partial charge < -0.3 is 14.8 Å². The first kappa shape index (κ1) is 21.4. The van der Waals surface area contributed by atoms with Crippen LogP contribution in [0.5, 0.6) is 11.5 Å². The van der Waals surface area contributed by atoms with Crippen molar-refractivity contribution >= 4 is 16.7 Å². The topological polar surface area (TPSA) is 47.6 Å². The average Bonchev–Trinajstić information content (AvgIpc) is 2.83. The van der Waals surface area contributed by atoms with Gasteiger partial charge in [-0.2, -0.15) is 0 Å². The van der Waals surface area contributed by atoms with Gasteiger partial charge in [-0.1, -0.05) is 66.2 Å². The van der Waals surface area contributed by atoms with Crippen LogP contribution in [0.25, 0.3) is 10.8 Å². The Hall–Kier alpha value is -3.79. The minimum atomic E-state index is -0.125. The van der Waals surface area contributed by atoms with Crippen LogP contribution < -0.4 is 14.8 Å². The fourth-order valence-corrected chi connectivity index (χ4v) is 3.60. The molecule has 0 aromatic heterocycles. The Kier molecular flexibility index (Phi) is 6.71. The van der Waals surface area contributed by atoms with Crippen LogP contribution in [0.3, 0.4) is 0 Å². The molecule has 0 atom stereocenters. The van der Waals surface area contributed by atoms with Crippen LogP contribution in [-0.4, -0.2) is 12.5 Å². The summed E-state index contributed by atoms with van der Waals surface area (Å²) in [6, 6.07) is 27.7. The van der Waals surface area contributed by atoms with Crippen LogP contribution in [0.1, 0.15) is 34.0 Å². The second-order valence-corrected chi connectivity index (χ2v) is 7.69. The zero-order chi connectivity index (χ0) is 22.3. The predicted molar refractivity (Wildman–Crippen MR) is 128 cm³/mol. The highest BCUT2D eigenvalue weighted by molar-refractivity contribution is 5.94. The van der Waals surface area contributed by atoms with E-state index in [0.717, 1.165) is 33.4 Å². The maximum atomic E-state index is 12.8. The summed E-state index contributed by atoms with van der Waals surface area (Å²) in [5.74, 6) is 1.41. The molecular weight excluding hydrogens is 398 g/mol. The minimum absolute atomic E-state index is 0.125. The van der Waals surface area contributed by atoms with Gasteiger partial charge in [0.25, 0.3) is 5.91 Å². The fraction of sp³-hybridized carbons (Fsp3) is 0.179. The van der Waals surface area contributed by atoms with Crippen molar-refractivity contribution in [2.75, 3.05) is 6.61 Å². The number of carbonyl (C=O) groups excluding carboxylic acids is 1. The first-order valence-electron chi connectivity index (χ1n) is 10.8. The summed E-state index contributed by atoms with van der Waals surface area (Å²) in [5, 5.41) is 5.17. The molecule has 0 saturated carbocycles. The smallest absolute Gasteiger partial charge is 0.251 e. The Morgan fingerprint density at radius 2 is 1.62 bits per heavy atom. The molecule has 4 nitrogen and oxygen atoms in total. The van der Waals surface area contributed by atoms with Crippen molar-refractivity contribution in [2.45, 2.75) is 27.0 Å². The summed E-state index contributed by atoms with van der Waals surface area (Å²) in [6.07, 6.45) is 0. The van der Waals surface area contributed by atoms with Crippen molar-refractivity contribution in [1.82, 2.24) is 5.32 Å². The summed E-state index contributed by atoms with van der Waals surface area (Å²) < 4.78 is 11.9. The van der Waals surface area contributed by atoms with E-state index in [9.17, 15) is 4.79 Å². The SMILES string of the molecule is CCOc1ccc(C(=O)NCc2ccc(C)cc2)cc1COc1cccc2ccccc12. The quantitative estimate of drug-likeness (QED) is 0.373. The van der Waals surface area contributed by atoms with Gasteiger partial charge in [-0.3, -0.25) is 4.79 Å². The summed E-state index contributed by atoms with van der Waals surface area (Å²) in [5.41, 5.74) is 3.68. The van der Waals surface area contributed by atoms with Crippen molar-refractivity contribution in [3.63, 3.8) is 0 Å². The lowest BCUT2D eigenvalue weighted by Crippen LogP contribution is -2.23. The van der Waals surface area contributed by atoms with Gasteiger partial charge in [0.05, 0.1) is 6.61 Å². The van der Waals surface area contributed by atoms with E-state index in [4.69, 9.17) is 9.47 Å². The molecule has 0 bridgehead atoms. The van der Waals surface area contributed by atoms with Gasteiger partial charge in [0, 0.05) is 23.1 Å². The number of carbonyl (C=O) groups is 1. The number of benzene rings is 4. The highest BCUT2D eigenvalue weighted by Gasteiger charge is 2.12. The number of nitrogens with one attached hydrogen (secondary N) is 1. The van der Waals surface area contributed by atoms with Crippen LogP contribution in [0.2, 0.25) is 0 Å². The van der Waals surface area contributed by atoms with E-state index in [-0.39, 0.29) is 5.91 Å². The molecule has 0 saturated heterocycles. The molecule has 0 heterocycles. The molecule has 4 heteroatoms. The maximum absolute atomic E-state index is 12.8. The van der Waals surface area contributed by atoms with Crippen molar-refractivity contribution in [1.29, 1.82) is 0 Å². The van der Waals surface area contributed by atoms with Crippen molar-refractivity contribution in [3.05, 3.63) is 107 Å². The molecule has 0 aliphatic rings. The second-order valence-electron chi connectivity index (χ2n) is 7.69. The minimum Gasteiger partial charge on any atom is -0.493 e. The van der Waals surface area contributed by atoms with E-state index in [1.165, 1.54) is 5.56 Å². The third kappa shape index (κ3) is 5.09. The van der Waals surface area contributed by atoms with E-state index in [0.29, 0.717) is 25.3 Å². The van der Waals surface area contributed by atoms with E-state index in [2.05, 4.69) is 17.4 Å². The van der Waals surface area contributed by atoms with Crippen molar-refractivity contribution in [2.24, 2.45) is 0 Å². The molecule has 0 aliphatic heterocycles. The number of aryl methyl sites for hydroxylation is 1. The van der Waals surface area contributed by atoms with Gasteiger partial charge in [0.15, 0.2) is 0 Å². The van der Waals surface area contributed by atoms with E-state index in [1.54, 1.807) is 6.07 Å². The summed E-state index contributed by atoms with van der Waals surface area (Å²) >= 11 is 0. The molecule has 1 N–H and O–H groups in total. The Balaban J connectivity index is 1.50. The molecule has 0 radical (unpaired) electrons. The average molecular weight is 426 g/mol. The van der Waals surface area contributed by atoms with E-state index >= 15 is 0 Å². The van der Waals surface area contributed by atoms with Crippen molar-refractivity contribution in [3.8, 4) is 11.5 Å². The van der Waals surface area contributed by atoms with Gasteiger partial charge in [0.2, 0.25) is 0 Å². The molecule has 162 valence electrons. The Bertz CT molecular complexity index is 1210. The molecule has 0 fully saturated rings. The molecule has 0 spiro atoms. The number of hydrogen-bond donors (Lipinski definition) is 1. The van der Waals surface area contributed by atoms with E-state index < -0.39 is 0 Å². The third-order valence-electron chi connectivity index (χ3n) is 5.33. The molecule has 0 aliphatic carbocycles. The zero-order valence-corrected chi connectivity index (χ0v) is 18.4. The molecule has 4 aromatic rings. The largest absolute Gasteiger partial charge is 0.493 e. The summed E-state index contributed by atoms with van der Waals surface area (Å²) in [4.78, 5) is 12.8. The van der Waals surface area contributed by atoms with Crippen LogP contribution in [0.4, 0.5) is 0 Å². The Morgan fingerprint density at radius 1 is 0.844 bits per heavy atom. The second kappa shape index (κ2) is 10.0. The molecule has 0 unspecified atom stereocenters. The summed E-state index contributed by atoms with van der Waals surface area (Å²) in [7, 11) is 0. The monoisotopic (exact) mass is 425 g/mol. The molecule has 1 amide bonds. The van der Waals surface area contributed by atoms with Crippen molar-refractivity contribution < 1.29 is 14.3 Å². The fourth-order valence-electron chi connectivity index (χ4n) is 3.60. The lowest BCUT2D eigenvalue weighted by molar-refractivity contribution is 0.0950. The lowest BCUT2D eigenvalue weighted by atomic mass is 10.1. The Morgan fingerprint density at radius 3 is 2.44 bits per heavy atom. The van der Waals surface area contributed by atoms with E-state index in [1.807, 2.05) is 80.6 Å². The molecular formula is C28H27NO3. The van der Waals surface area contributed by atoms with Gasteiger partial charge in [-0.05, 0) is 49.1 Å². The van der Waals surface area contributed by atoms with Gasteiger partial charge >= 0.3 is 0 Å². The molecule has 4 aromatic carbocycles. The summed E-state index contributed by atoms with van der Waals surface area (Å²) in [6.45, 7) is 5.32. The number of amides is 1. The van der Waals surface area contributed by atoms with Crippen LogP contribution in [0, 0.1) is 6.92 Å². The first-order chi connectivity index (χ1) is 15.6. The third-order valence-corrected chi connectivity index (χ3v) is 5.33. The highest BCUT2D eigenvalue weighted by Crippen LogP contribution is 2.28. The van der Waals surface area contributed by atoms with Gasteiger partial charge in [0.1, 0.15) is 18.1 Å². The molecule has 32 heavy (non-hydrogen) atoms. The molecule has 4 rings (SSSR count). The van der Waals surface area contributed by atoms with Gasteiger partial charge in [-0.25, -0.2) is 0 Å². The number of fused-ring (bicyclic) bond motifs is 1. The number of hydrogen-bond acceptors (Lipinski definition) is 3. The standard InChI is InChI=1S/C28H27NO3/c1-3-31-26-16-15-23(28(30)29-18-21-13-11-20(2)12-14-21)17-24(26)19-32-27-10-6-8-22-7-4-5-9-25(22)27/h4-17H,3,18-19H2,1-2H3,(H,29,30). The maximum Gasteiger partial charge on any atom is 0.251 e. The van der Waals surface area contributed by atoms with Gasteiger partial charge in [-0.15, -0.1) is 0 Å². The number of ether oxygens (including phenoxy) is 2. The number of rotatable bonds is 8. The van der Waals surface area contributed by atoms with Crippen LogP contribution >= 0.6 is 0 Å². The Labute approximate surface area is 188 Å². The normalized spacial score (nSPS) is 10.7. The highest BCUT2D eigenvalue weighted by atomic mass is 16.5. The zero-order valence-electron chi connectivity index (χ0n) is 18.4. The van der Waals surface area contributed by atoms with Crippen LogP contribution in [-0.2, 0) is 13.2 Å². The van der Waals surface area contributed by atoms with Crippen LogP contribution in [0.15, 0.2) is 84.9 Å². The first-order valence-corrected chi connectivity index (χ1v) is 10.8. The lowest BCUT2D eigenvalue weighted by Gasteiger charge is -2.14.